The summed E-state index contributed by atoms with van der Waals surface area (Å²) in [5, 5.41) is 8.22. The van der Waals surface area contributed by atoms with Crippen LogP contribution in [0.25, 0.3) is 10.8 Å². The smallest absolute Gasteiger partial charge is 0.262 e. The number of anilines is 3. The Morgan fingerprint density at radius 2 is 1.94 bits per heavy atom. The number of piperidine rings is 1. The van der Waals surface area contributed by atoms with E-state index in [0.717, 1.165) is 35.7 Å². The van der Waals surface area contributed by atoms with Crippen molar-refractivity contribution in [2.75, 3.05) is 23.3 Å². The van der Waals surface area contributed by atoms with Gasteiger partial charge in [-0.2, -0.15) is 0 Å². The number of hydrogen-bond donors (Lipinski definition) is 2. The first kappa shape index (κ1) is 21.9. The molecule has 34 heavy (non-hydrogen) atoms. The van der Waals surface area contributed by atoms with E-state index in [0.29, 0.717) is 24.0 Å². The molecule has 1 aliphatic rings. The number of rotatable bonds is 5. The minimum Gasteiger partial charge on any atom is -0.324 e. The van der Waals surface area contributed by atoms with Crippen molar-refractivity contribution in [3.8, 4) is 0 Å². The van der Waals surface area contributed by atoms with E-state index >= 15 is 4.39 Å². The molecule has 2 aromatic carbocycles. The molecule has 172 valence electrons. The zero-order chi connectivity index (χ0) is 23.5. The number of pyridine rings is 1. The Bertz CT molecular complexity index is 1320. The minimum atomic E-state index is -0.614. The Morgan fingerprint density at radius 1 is 1.09 bits per heavy atom. The molecule has 8 heteroatoms. The summed E-state index contributed by atoms with van der Waals surface area (Å²) in [6, 6.07) is 13.9. The maximum absolute atomic E-state index is 15.3. The molecule has 0 aliphatic carbocycles. The first-order valence-electron chi connectivity index (χ1n) is 11.3. The van der Waals surface area contributed by atoms with Gasteiger partial charge in [0.15, 0.2) is 0 Å². The summed E-state index contributed by atoms with van der Waals surface area (Å²) in [7, 11) is 0. The highest BCUT2D eigenvalue weighted by molar-refractivity contribution is 6.11. The number of nitrogens with zero attached hydrogens (tertiary/aromatic N) is 4. The SMILES string of the molecule is Cc1cccc2ccnc(N(C(=O)c3ccc(Nc4ncccn4)cc3F)[C@@H]3CCCNC3)c12. The van der Waals surface area contributed by atoms with Crippen molar-refractivity contribution < 1.29 is 9.18 Å². The van der Waals surface area contributed by atoms with Crippen molar-refractivity contribution in [1.82, 2.24) is 20.3 Å². The molecule has 3 heterocycles. The number of halogens is 1. The Morgan fingerprint density at radius 3 is 2.71 bits per heavy atom. The molecule has 1 fully saturated rings. The zero-order valence-electron chi connectivity index (χ0n) is 18.8. The van der Waals surface area contributed by atoms with Crippen LogP contribution in [0.2, 0.25) is 0 Å². The number of nitrogens with one attached hydrogen (secondary N) is 2. The fraction of sp³-hybridized carbons (Fsp3) is 0.231. The fourth-order valence-electron chi connectivity index (χ4n) is 4.45. The highest BCUT2D eigenvalue weighted by Gasteiger charge is 2.31. The van der Waals surface area contributed by atoms with Crippen LogP contribution >= 0.6 is 0 Å². The topological polar surface area (TPSA) is 83.0 Å². The van der Waals surface area contributed by atoms with Gasteiger partial charge < -0.3 is 10.6 Å². The predicted octanol–water partition coefficient (Wildman–Crippen LogP) is 4.61. The van der Waals surface area contributed by atoms with Gasteiger partial charge in [-0.3, -0.25) is 9.69 Å². The summed E-state index contributed by atoms with van der Waals surface area (Å²) in [5.41, 5.74) is 1.48. The van der Waals surface area contributed by atoms with Crippen molar-refractivity contribution in [3.63, 3.8) is 0 Å². The van der Waals surface area contributed by atoms with E-state index in [1.165, 1.54) is 12.1 Å². The van der Waals surface area contributed by atoms with E-state index in [1.54, 1.807) is 35.6 Å². The molecule has 7 nitrogen and oxygen atoms in total. The molecular formula is C26H25FN6O. The lowest BCUT2D eigenvalue weighted by atomic mass is 10.0. The van der Waals surface area contributed by atoms with Crippen molar-refractivity contribution in [1.29, 1.82) is 0 Å². The molecule has 0 bridgehead atoms. The Hall–Kier alpha value is -3.91. The van der Waals surface area contributed by atoms with Gasteiger partial charge >= 0.3 is 0 Å². The average Bonchev–Trinajstić information content (AvgIpc) is 2.86. The Kier molecular flexibility index (Phi) is 6.14. The third-order valence-corrected chi connectivity index (χ3v) is 6.08. The number of carbonyl (C=O) groups is 1. The molecule has 5 rings (SSSR count). The van der Waals surface area contributed by atoms with Crippen molar-refractivity contribution in [2.24, 2.45) is 0 Å². The lowest BCUT2D eigenvalue weighted by Gasteiger charge is -2.35. The standard InChI is InChI=1S/C26H25FN6O/c1-17-5-2-6-18-10-14-29-24(23(17)18)33(20-7-3-11-28-16-20)25(34)21-9-8-19(15-22(21)27)32-26-30-12-4-13-31-26/h2,4-6,8-10,12-15,20,28H,3,7,11,16H2,1H3,(H,30,31,32)/t20-/m1/s1. The van der Waals surface area contributed by atoms with Crippen molar-refractivity contribution in [2.45, 2.75) is 25.8 Å². The highest BCUT2D eigenvalue weighted by atomic mass is 19.1. The van der Waals surface area contributed by atoms with Gasteiger partial charge in [-0.1, -0.05) is 18.2 Å². The van der Waals surface area contributed by atoms with Gasteiger partial charge in [0.05, 0.1) is 11.6 Å². The monoisotopic (exact) mass is 456 g/mol. The summed E-state index contributed by atoms with van der Waals surface area (Å²) in [6.07, 6.45) is 6.64. The van der Waals surface area contributed by atoms with E-state index in [-0.39, 0.29) is 11.6 Å². The molecule has 0 unspecified atom stereocenters. The summed E-state index contributed by atoms with van der Waals surface area (Å²) in [6.45, 7) is 3.53. The van der Waals surface area contributed by atoms with Crippen LogP contribution in [0.4, 0.5) is 21.8 Å². The summed E-state index contributed by atoms with van der Waals surface area (Å²) in [4.78, 5) is 28.3. The van der Waals surface area contributed by atoms with Crippen molar-refractivity contribution >= 4 is 34.1 Å². The third-order valence-electron chi connectivity index (χ3n) is 6.08. The van der Waals surface area contributed by atoms with E-state index < -0.39 is 11.7 Å². The maximum Gasteiger partial charge on any atom is 0.262 e. The van der Waals surface area contributed by atoms with Gasteiger partial charge in [-0.25, -0.2) is 19.3 Å². The number of benzene rings is 2. The second-order valence-electron chi connectivity index (χ2n) is 8.37. The summed E-state index contributed by atoms with van der Waals surface area (Å²) < 4.78 is 15.3. The molecule has 2 aromatic heterocycles. The van der Waals surface area contributed by atoms with Crippen LogP contribution in [0, 0.1) is 12.7 Å². The van der Waals surface area contributed by atoms with Crippen LogP contribution in [-0.2, 0) is 0 Å². The van der Waals surface area contributed by atoms with Gasteiger partial charge in [0.2, 0.25) is 5.95 Å². The second kappa shape index (κ2) is 9.52. The largest absolute Gasteiger partial charge is 0.324 e. The number of fused-ring (bicyclic) bond motifs is 1. The Balaban J connectivity index is 1.55. The predicted molar refractivity (Wildman–Crippen MR) is 131 cm³/mol. The maximum atomic E-state index is 15.3. The molecule has 0 saturated carbocycles. The van der Waals surface area contributed by atoms with E-state index in [4.69, 9.17) is 0 Å². The molecular weight excluding hydrogens is 431 g/mol. The quantitative estimate of drug-likeness (QED) is 0.456. The zero-order valence-corrected chi connectivity index (χ0v) is 18.8. The number of aryl methyl sites for hydroxylation is 1. The van der Waals surface area contributed by atoms with Gasteiger partial charge in [-0.05, 0) is 67.6 Å². The van der Waals surface area contributed by atoms with Crippen LogP contribution < -0.4 is 15.5 Å². The molecule has 1 aliphatic heterocycles. The lowest BCUT2D eigenvalue weighted by Crippen LogP contribution is -2.49. The van der Waals surface area contributed by atoms with E-state index in [9.17, 15) is 4.79 Å². The number of carbonyl (C=O) groups excluding carboxylic acids is 1. The van der Waals surface area contributed by atoms with Crippen LogP contribution in [0.5, 0.6) is 0 Å². The van der Waals surface area contributed by atoms with Crippen molar-refractivity contribution in [3.05, 3.63) is 84.1 Å². The summed E-state index contributed by atoms with van der Waals surface area (Å²) in [5.74, 6) is -0.103. The normalized spacial score (nSPS) is 15.8. The van der Waals surface area contributed by atoms with Gasteiger partial charge in [0, 0.05) is 36.2 Å². The second-order valence-corrected chi connectivity index (χ2v) is 8.37. The first-order chi connectivity index (χ1) is 16.6. The van der Waals surface area contributed by atoms with E-state index in [2.05, 4.69) is 25.6 Å². The molecule has 4 aromatic rings. The van der Waals surface area contributed by atoms with Crippen LogP contribution in [-0.4, -0.2) is 40.0 Å². The van der Waals surface area contributed by atoms with E-state index in [1.807, 2.05) is 31.2 Å². The molecule has 1 amide bonds. The first-order valence-corrected chi connectivity index (χ1v) is 11.3. The van der Waals surface area contributed by atoms with Crippen LogP contribution in [0.15, 0.2) is 67.1 Å². The van der Waals surface area contributed by atoms with Crippen LogP contribution in [0.1, 0.15) is 28.8 Å². The highest BCUT2D eigenvalue weighted by Crippen LogP contribution is 2.32. The summed E-state index contributed by atoms with van der Waals surface area (Å²) >= 11 is 0. The number of hydrogen-bond acceptors (Lipinski definition) is 6. The average molecular weight is 457 g/mol. The third kappa shape index (κ3) is 4.32. The lowest BCUT2D eigenvalue weighted by molar-refractivity contribution is 0.0968. The Labute approximate surface area is 197 Å². The number of amides is 1. The molecule has 0 spiro atoms. The van der Waals surface area contributed by atoms with Gasteiger partial charge in [0.1, 0.15) is 11.6 Å². The molecule has 1 saturated heterocycles. The van der Waals surface area contributed by atoms with Crippen LogP contribution in [0.3, 0.4) is 0 Å². The number of aromatic nitrogens is 3. The van der Waals surface area contributed by atoms with Gasteiger partial charge in [-0.15, -0.1) is 0 Å². The molecule has 1 atom stereocenters. The molecule has 2 N–H and O–H groups in total. The van der Waals surface area contributed by atoms with Gasteiger partial charge in [0.25, 0.3) is 5.91 Å². The molecule has 0 radical (unpaired) electrons. The minimum absolute atomic E-state index is 0.00232. The fourth-order valence-corrected chi connectivity index (χ4v) is 4.45.